The van der Waals surface area contributed by atoms with Gasteiger partial charge in [-0.2, -0.15) is 4.98 Å². The number of amides is 1. The van der Waals surface area contributed by atoms with Gasteiger partial charge in [-0.15, -0.1) is 0 Å². The molecule has 1 aliphatic heterocycles. The van der Waals surface area contributed by atoms with E-state index in [1.54, 1.807) is 6.07 Å². The molecule has 0 radical (unpaired) electrons. The standard InChI is InChI=1S/C34H41ClFN5O2/c1-8-19(4)15-23(16-20(5)9-2)18-37-32(42)29-22(7)38-33(40-30(29)25-12-11-21(6)17-26(25)35)41-34-39-28-14-13-27(36)24(10-3)31(28)43-34/h11-17,19,30H,8-10,18H2,1-7H3,(H,37,42)(H2,38,39,40,41)/b20-16+,23-15+. The van der Waals surface area contributed by atoms with Crippen molar-refractivity contribution in [1.82, 2.24) is 15.6 Å². The summed E-state index contributed by atoms with van der Waals surface area (Å²) in [6.45, 7) is 14.6. The van der Waals surface area contributed by atoms with Crippen LogP contribution in [0.3, 0.4) is 0 Å². The van der Waals surface area contributed by atoms with E-state index in [0.29, 0.717) is 63.4 Å². The van der Waals surface area contributed by atoms with Gasteiger partial charge in [-0.3, -0.25) is 10.1 Å². The fourth-order valence-corrected chi connectivity index (χ4v) is 5.30. The summed E-state index contributed by atoms with van der Waals surface area (Å²) in [7, 11) is 0. The average Bonchev–Trinajstić information content (AvgIpc) is 3.37. The zero-order valence-electron chi connectivity index (χ0n) is 26.0. The van der Waals surface area contributed by atoms with Gasteiger partial charge in [0, 0.05) is 28.4 Å². The molecule has 2 atom stereocenters. The molecule has 43 heavy (non-hydrogen) atoms. The van der Waals surface area contributed by atoms with Crippen molar-refractivity contribution in [3.8, 4) is 0 Å². The summed E-state index contributed by atoms with van der Waals surface area (Å²) in [6, 6.07) is 8.14. The summed E-state index contributed by atoms with van der Waals surface area (Å²) >= 11 is 6.72. The number of anilines is 1. The van der Waals surface area contributed by atoms with Crippen LogP contribution in [0, 0.1) is 18.7 Å². The highest BCUT2D eigenvalue weighted by atomic mass is 35.5. The first kappa shape index (κ1) is 32.0. The SMILES string of the molecule is CC/C(C)=C/C(=C\C(C)CC)CNC(=O)C1=C(C)NC(Nc2nc3ccc(F)c(CC)c3o2)=NC1c1ccc(C)cc1Cl. The number of nitrogens with zero attached hydrogens (tertiary/aromatic N) is 2. The molecule has 9 heteroatoms. The van der Waals surface area contributed by atoms with Crippen LogP contribution in [0.5, 0.6) is 0 Å². The number of aryl methyl sites for hydroxylation is 2. The van der Waals surface area contributed by atoms with Gasteiger partial charge < -0.3 is 15.1 Å². The fraction of sp³-hybridized carbons (Fsp3) is 0.382. The third-order valence-electron chi connectivity index (χ3n) is 7.70. The molecule has 7 nitrogen and oxygen atoms in total. The Balaban J connectivity index is 1.67. The summed E-state index contributed by atoms with van der Waals surface area (Å²) in [4.78, 5) is 23.2. The van der Waals surface area contributed by atoms with E-state index in [9.17, 15) is 9.18 Å². The number of hydrogen-bond donors (Lipinski definition) is 3. The largest absolute Gasteiger partial charge is 0.423 e. The fourth-order valence-electron chi connectivity index (χ4n) is 4.96. The van der Waals surface area contributed by atoms with Crippen molar-refractivity contribution >= 4 is 40.6 Å². The van der Waals surface area contributed by atoms with Crippen molar-refractivity contribution in [2.45, 2.75) is 73.8 Å². The van der Waals surface area contributed by atoms with Crippen LogP contribution < -0.4 is 16.0 Å². The second-order valence-corrected chi connectivity index (χ2v) is 11.5. The highest BCUT2D eigenvalue weighted by Gasteiger charge is 2.31. The first-order valence-corrected chi connectivity index (χ1v) is 15.2. The van der Waals surface area contributed by atoms with Crippen molar-refractivity contribution in [2.75, 3.05) is 11.9 Å². The van der Waals surface area contributed by atoms with E-state index in [-0.39, 0.29) is 17.7 Å². The summed E-state index contributed by atoms with van der Waals surface area (Å²) in [6.07, 6.45) is 6.78. The van der Waals surface area contributed by atoms with Gasteiger partial charge in [0.05, 0.1) is 5.57 Å². The molecule has 3 N–H and O–H groups in total. The van der Waals surface area contributed by atoms with Crippen LogP contribution in [-0.4, -0.2) is 23.4 Å². The van der Waals surface area contributed by atoms with Crippen molar-refractivity contribution in [3.63, 3.8) is 0 Å². The van der Waals surface area contributed by atoms with E-state index in [4.69, 9.17) is 21.0 Å². The third-order valence-corrected chi connectivity index (χ3v) is 8.03. The maximum absolute atomic E-state index is 14.3. The Hall–Kier alpha value is -3.91. The van der Waals surface area contributed by atoms with E-state index in [1.807, 2.05) is 39.0 Å². The summed E-state index contributed by atoms with van der Waals surface area (Å²) < 4.78 is 20.2. The Morgan fingerprint density at radius 2 is 1.98 bits per heavy atom. The quantitative estimate of drug-likeness (QED) is 0.202. The molecule has 0 saturated carbocycles. The molecular formula is C34H41ClFN5O2. The molecule has 0 aliphatic carbocycles. The number of benzene rings is 2. The normalized spacial score (nSPS) is 16.7. The molecule has 0 saturated heterocycles. The topological polar surface area (TPSA) is 91.6 Å². The second kappa shape index (κ2) is 14.0. The summed E-state index contributed by atoms with van der Waals surface area (Å²) in [5.74, 6) is 0.146. The maximum Gasteiger partial charge on any atom is 0.302 e. The number of allylic oxidation sites excluding steroid dienone is 3. The molecule has 3 aromatic rings. The molecule has 1 amide bonds. The van der Waals surface area contributed by atoms with E-state index in [2.05, 4.69) is 60.8 Å². The molecule has 228 valence electrons. The number of carbonyl (C=O) groups excluding carboxylic acids is 1. The van der Waals surface area contributed by atoms with E-state index < -0.39 is 6.04 Å². The maximum atomic E-state index is 14.3. The molecule has 0 fully saturated rings. The number of aromatic nitrogens is 1. The number of aliphatic imine (C=N–C) groups is 1. The third kappa shape index (κ3) is 7.54. The van der Waals surface area contributed by atoms with Crippen molar-refractivity contribution < 1.29 is 13.6 Å². The van der Waals surface area contributed by atoms with Crippen molar-refractivity contribution in [1.29, 1.82) is 0 Å². The van der Waals surface area contributed by atoms with Crippen LogP contribution >= 0.6 is 11.6 Å². The van der Waals surface area contributed by atoms with Gasteiger partial charge >= 0.3 is 6.01 Å². The molecule has 0 spiro atoms. The molecule has 1 aromatic heterocycles. The number of hydrogen-bond acceptors (Lipinski definition) is 6. The first-order chi connectivity index (χ1) is 20.5. The van der Waals surface area contributed by atoms with E-state index in [0.717, 1.165) is 24.0 Å². The molecule has 2 aromatic carbocycles. The van der Waals surface area contributed by atoms with Gasteiger partial charge in [-0.05, 0) is 68.9 Å². The molecular weight excluding hydrogens is 565 g/mol. The lowest BCUT2D eigenvalue weighted by molar-refractivity contribution is -0.117. The van der Waals surface area contributed by atoms with Gasteiger partial charge in [0.1, 0.15) is 17.4 Å². The Bertz CT molecular complexity index is 1630. The average molecular weight is 606 g/mol. The predicted octanol–water partition coefficient (Wildman–Crippen LogP) is 8.32. The van der Waals surface area contributed by atoms with Gasteiger partial charge in [-0.1, -0.05) is 75.6 Å². The minimum Gasteiger partial charge on any atom is -0.423 e. The highest BCUT2D eigenvalue weighted by molar-refractivity contribution is 6.31. The summed E-state index contributed by atoms with van der Waals surface area (Å²) in [5, 5.41) is 9.91. The Labute approximate surface area is 258 Å². The lowest BCUT2D eigenvalue weighted by Crippen LogP contribution is -2.39. The minimum absolute atomic E-state index is 0.161. The highest BCUT2D eigenvalue weighted by Crippen LogP contribution is 2.36. The summed E-state index contributed by atoms with van der Waals surface area (Å²) in [5.41, 5.74) is 6.47. The van der Waals surface area contributed by atoms with Gasteiger partial charge in [0.2, 0.25) is 5.96 Å². The van der Waals surface area contributed by atoms with Crippen LogP contribution in [-0.2, 0) is 11.2 Å². The lowest BCUT2D eigenvalue weighted by Gasteiger charge is -2.27. The van der Waals surface area contributed by atoms with Crippen molar-refractivity contribution in [2.24, 2.45) is 10.9 Å². The molecule has 2 heterocycles. The van der Waals surface area contributed by atoms with E-state index >= 15 is 0 Å². The van der Waals surface area contributed by atoms with Gasteiger partial charge in [0.25, 0.3) is 5.91 Å². The zero-order valence-corrected chi connectivity index (χ0v) is 26.7. The molecule has 2 unspecified atom stereocenters. The Kier molecular flexibility index (Phi) is 10.5. The number of nitrogens with one attached hydrogen (secondary N) is 3. The number of halogens is 2. The lowest BCUT2D eigenvalue weighted by atomic mass is 9.94. The number of rotatable bonds is 10. The van der Waals surface area contributed by atoms with Crippen LogP contribution in [0.15, 0.2) is 74.3 Å². The van der Waals surface area contributed by atoms with Gasteiger partial charge in [0.15, 0.2) is 5.58 Å². The number of carbonyl (C=O) groups is 1. The number of oxazole rings is 1. The predicted molar refractivity (Wildman–Crippen MR) is 174 cm³/mol. The molecule has 1 aliphatic rings. The Morgan fingerprint density at radius 1 is 1.21 bits per heavy atom. The zero-order chi connectivity index (χ0) is 31.3. The second-order valence-electron chi connectivity index (χ2n) is 11.1. The minimum atomic E-state index is -0.695. The number of fused-ring (bicyclic) bond motifs is 1. The number of guanidine groups is 1. The first-order valence-electron chi connectivity index (χ1n) is 14.9. The van der Waals surface area contributed by atoms with E-state index in [1.165, 1.54) is 11.6 Å². The van der Waals surface area contributed by atoms with Crippen LogP contribution in [0.25, 0.3) is 11.1 Å². The monoisotopic (exact) mass is 605 g/mol. The Morgan fingerprint density at radius 3 is 2.65 bits per heavy atom. The van der Waals surface area contributed by atoms with Crippen LogP contribution in [0.1, 0.15) is 77.1 Å². The van der Waals surface area contributed by atoms with Crippen LogP contribution in [0.4, 0.5) is 10.4 Å². The van der Waals surface area contributed by atoms with Gasteiger partial charge in [-0.25, -0.2) is 9.38 Å². The molecule has 4 rings (SSSR count). The van der Waals surface area contributed by atoms with Crippen LogP contribution in [0.2, 0.25) is 5.02 Å². The smallest absolute Gasteiger partial charge is 0.302 e. The van der Waals surface area contributed by atoms with Crippen molar-refractivity contribution in [3.05, 3.63) is 92.4 Å². The molecule has 0 bridgehead atoms.